The molecule has 8 nitrogen and oxygen atoms in total. The molecule has 9 heteroatoms. The Hall–Kier alpha value is -2.97. The first kappa shape index (κ1) is 17.4. The number of hydrogen-bond donors (Lipinski definition) is 2. The van der Waals surface area contributed by atoms with E-state index in [1.54, 1.807) is 6.07 Å². The highest BCUT2D eigenvalue weighted by atomic mass is 19.1. The zero-order chi connectivity index (χ0) is 19.1. The van der Waals surface area contributed by atoms with Gasteiger partial charge >= 0.3 is 0 Å². The van der Waals surface area contributed by atoms with Crippen LogP contribution in [0.4, 0.5) is 21.8 Å². The summed E-state index contributed by atoms with van der Waals surface area (Å²) in [4.78, 5) is 26.5. The molecule has 1 atom stereocenters. The SMILES string of the molecule is Cc1nc(NC2CC(Oc3ccc(F)nc3)C2)nc2c1NC(=O)[C@H](C)N2C. The smallest absolute Gasteiger partial charge is 0.246 e. The number of fused-ring (bicyclic) bond motifs is 1. The number of pyridine rings is 1. The number of halogens is 1. The molecule has 0 spiro atoms. The van der Waals surface area contributed by atoms with Crippen molar-refractivity contribution in [2.75, 3.05) is 22.6 Å². The maximum atomic E-state index is 12.8. The molecule has 0 aromatic carbocycles. The molecule has 3 heterocycles. The van der Waals surface area contributed by atoms with Crippen LogP contribution in [-0.4, -0.2) is 46.1 Å². The Labute approximate surface area is 156 Å². The van der Waals surface area contributed by atoms with Gasteiger partial charge in [-0.1, -0.05) is 0 Å². The number of ether oxygens (including phenoxy) is 1. The number of rotatable bonds is 4. The molecule has 2 aliphatic rings. The van der Waals surface area contributed by atoms with Crippen molar-refractivity contribution in [3.05, 3.63) is 30.0 Å². The lowest BCUT2D eigenvalue weighted by molar-refractivity contribution is -0.117. The molecule has 4 rings (SSSR count). The summed E-state index contributed by atoms with van der Waals surface area (Å²) in [5.74, 6) is 1.22. The van der Waals surface area contributed by atoms with Gasteiger partial charge in [-0.15, -0.1) is 0 Å². The van der Waals surface area contributed by atoms with Crippen molar-refractivity contribution < 1.29 is 13.9 Å². The second-order valence-corrected chi connectivity index (χ2v) is 6.98. The van der Waals surface area contributed by atoms with E-state index in [0.29, 0.717) is 23.2 Å². The first-order valence-corrected chi connectivity index (χ1v) is 8.88. The lowest BCUT2D eigenvalue weighted by Crippen LogP contribution is -2.45. The maximum Gasteiger partial charge on any atom is 0.246 e. The van der Waals surface area contributed by atoms with E-state index in [2.05, 4.69) is 25.6 Å². The maximum absolute atomic E-state index is 12.8. The van der Waals surface area contributed by atoms with Crippen molar-refractivity contribution in [2.45, 2.75) is 44.9 Å². The molecule has 1 saturated carbocycles. The third kappa shape index (κ3) is 3.36. The van der Waals surface area contributed by atoms with E-state index in [-0.39, 0.29) is 24.1 Å². The topological polar surface area (TPSA) is 92.3 Å². The van der Waals surface area contributed by atoms with Gasteiger partial charge in [0, 0.05) is 25.9 Å². The lowest BCUT2D eigenvalue weighted by Gasteiger charge is -2.36. The van der Waals surface area contributed by atoms with Crippen LogP contribution in [-0.2, 0) is 4.79 Å². The first-order valence-electron chi connectivity index (χ1n) is 8.88. The zero-order valence-electron chi connectivity index (χ0n) is 15.4. The lowest BCUT2D eigenvalue weighted by atomic mass is 9.89. The molecule has 2 aromatic heterocycles. The molecule has 1 amide bonds. The summed E-state index contributed by atoms with van der Waals surface area (Å²) in [6, 6.07) is 2.76. The Morgan fingerprint density at radius 2 is 2.11 bits per heavy atom. The molecule has 0 bridgehead atoms. The first-order chi connectivity index (χ1) is 12.9. The molecule has 1 aliphatic heterocycles. The minimum absolute atomic E-state index is 0.0514. The monoisotopic (exact) mass is 372 g/mol. The summed E-state index contributed by atoms with van der Waals surface area (Å²) >= 11 is 0. The summed E-state index contributed by atoms with van der Waals surface area (Å²) in [5.41, 5.74) is 1.38. The van der Waals surface area contributed by atoms with Crippen LogP contribution in [0.2, 0.25) is 0 Å². The number of nitrogens with one attached hydrogen (secondary N) is 2. The van der Waals surface area contributed by atoms with Crippen molar-refractivity contribution in [1.29, 1.82) is 0 Å². The number of nitrogens with zero attached hydrogens (tertiary/aromatic N) is 4. The largest absolute Gasteiger partial charge is 0.489 e. The summed E-state index contributed by atoms with van der Waals surface area (Å²) in [5, 5.41) is 6.19. The van der Waals surface area contributed by atoms with Crippen LogP contribution in [0.15, 0.2) is 18.3 Å². The van der Waals surface area contributed by atoms with Crippen LogP contribution in [0.3, 0.4) is 0 Å². The zero-order valence-corrected chi connectivity index (χ0v) is 15.4. The highest BCUT2D eigenvalue weighted by Gasteiger charge is 2.33. The van der Waals surface area contributed by atoms with Gasteiger partial charge in [0.2, 0.25) is 17.8 Å². The Kier molecular flexibility index (Phi) is 4.29. The predicted octanol–water partition coefficient (Wildman–Crippen LogP) is 2.12. The minimum atomic E-state index is -0.522. The van der Waals surface area contributed by atoms with Gasteiger partial charge in [0.1, 0.15) is 23.6 Å². The van der Waals surface area contributed by atoms with Gasteiger partial charge in [-0.25, -0.2) is 9.97 Å². The molecule has 0 radical (unpaired) electrons. The summed E-state index contributed by atoms with van der Waals surface area (Å²) in [7, 11) is 1.85. The number of carbonyl (C=O) groups excluding carboxylic acids is 1. The fourth-order valence-corrected chi connectivity index (χ4v) is 3.20. The average molecular weight is 372 g/mol. The van der Waals surface area contributed by atoms with Gasteiger partial charge in [0.15, 0.2) is 5.82 Å². The van der Waals surface area contributed by atoms with E-state index in [0.717, 1.165) is 18.5 Å². The second-order valence-electron chi connectivity index (χ2n) is 6.98. The third-order valence-corrected chi connectivity index (χ3v) is 5.04. The highest BCUT2D eigenvalue weighted by Crippen LogP contribution is 2.33. The quantitative estimate of drug-likeness (QED) is 0.794. The van der Waals surface area contributed by atoms with E-state index in [4.69, 9.17) is 4.74 Å². The van der Waals surface area contributed by atoms with Crippen LogP contribution < -0.4 is 20.3 Å². The number of aryl methyl sites for hydroxylation is 1. The van der Waals surface area contributed by atoms with Crippen molar-refractivity contribution in [1.82, 2.24) is 15.0 Å². The molecule has 2 aromatic rings. The fraction of sp³-hybridized carbons (Fsp3) is 0.444. The fourth-order valence-electron chi connectivity index (χ4n) is 3.20. The standard InChI is InChI=1S/C18H21FN6O2/c1-9-15-16(25(3)10(2)17(26)23-15)24-18(21-9)22-11-6-13(7-11)27-12-4-5-14(19)20-8-12/h4-5,8,10-11,13H,6-7H2,1-3H3,(H,23,26)(H,21,22,24)/t10-,11?,13?/m0/s1. The Morgan fingerprint density at radius 1 is 1.33 bits per heavy atom. The van der Waals surface area contributed by atoms with Gasteiger partial charge in [-0.05, 0) is 26.0 Å². The number of hydrogen-bond acceptors (Lipinski definition) is 7. The van der Waals surface area contributed by atoms with Crippen molar-refractivity contribution in [3.63, 3.8) is 0 Å². The third-order valence-electron chi connectivity index (χ3n) is 5.04. The molecular formula is C18H21FN6O2. The van der Waals surface area contributed by atoms with Gasteiger partial charge < -0.3 is 20.3 Å². The van der Waals surface area contributed by atoms with Gasteiger partial charge in [0.05, 0.1) is 11.9 Å². The Bertz CT molecular complexity index is 869. The number of amides is 1. The normalized spacial score (nSPS) is 23.9. The van der Waals surface area contributed by atoms with Crippen LogP contribution in [0.5, 0.6) is 5.75 Å². The van der Waals surface area contributed by atoms with E-state index >= 15 is 0 Å². The Morgan fingerprint density at radius 3 is 2.81 bits per heavy atom. The molecule has 2 N–H and O–H groups in total. The molecule has 1 fully saturated rings. The number of likely N-dealkylation sites (N-methyl/N-ethyl adjacent to an activating group) is 1. The molecule has 27 heavy (non-hydrogen) atoms. The average Bonchev–Trinajstić information content (AvgIpc) is 2.61. The van der Waals surface area contributed by atoms with E-state index in [1.807, 2.05) is 25.8 Å². The van der Waals surface area contributed by atoms with E-state index in [1.165, 1.54) is 12.3 Å². The Balaban J connectivity index is 1.39. The van der Waals surface area contributed by atoms with Crippen molar-refractivity contribution >= 4 is 23.4 Å². The number of aromatic nitrogens is 3. The van der Waals surface area contributed by atoms with Gasteiger partial charge in [-0.2, -0.15) is 9.37 Å². The van der Waals surface area contributed by atoms with E-state index < -0.39 is 5.95 Å². The molecular weight excluding hydrogens is 351 g/mol. The molecule has 0 saturated heterocycles. The number of anilines is 3. The minimum Gasteiger partial charge on any atom is -0.489 e. The van der Waals surface area contributed by atoms with Crippen LogP contribution >= 0.6 is 0 Å². The second kappa shape index (κ2) is 6.64. The predicted molar refractivity (Wildman–Crippen MR) is 98.5 cm³/mol. The molecule has 0 unspecified atom stereocenters. The van der Waals surface area contributed by atoms with Crippen LogP contribution in [0.25, 0.3) is 0 Å². The number of carbonyl (C=O) groups is 1. The van der Waals surface area contributed by atoms with Gasteiger partial charge in [0.25, 0.3) is 0 Å². The summed E-state index contributed by atoms with van der Waals surface area (Å²) in [6.45, 7) is 3.69. The summed E-state index contributed by atoms with van der Waals surface area (Å²) in [6.07, 6.45) is 3.02. The van der Waals surface area contributed by atoms with E-state index in [9.17, 15) is 9.18 Å². The summed E-state index contributed by atoms with van der Waals surface area (Å²) < 4.78 is 18.6. The van der Waals surface area contributed by atoms with Crippen LogP contribution in [0.1, 0.15) is 25.5 Å². The molecule has 1 aliphatic carbocycles. The van der Waals surface area contributed by atoms with Crippen molar-refractivity contribution in [3.8, 4) is 5.75 Å². The van der Waals surface area contributed by atoms with Crippen LogP contribution in [0, 0.1) is 12.9 Å². The molecule has 142 valence electrons. The highest BCUT2D eigenvalue weighted by molar-refractivity contribution is 6.03. The van der Waals surface area contributed by atoms with Gasteiger partial charge in [-0.3, -0.25) is 4.79 Å². The van der Waals surface area contributed by atoms with Crippen molar-refractivity contribution in [2.24, 2.45) is 0 Å².